The van der Waals surface area contributed by atoms with Crippen molar-refractivity contribution in [3.05, 3.63) is 63.3 Å². The molecular weight excluding hydrogens is 257 g/mol. The van der Waals surface area contributed by atoms with Crippen LogP contribution in [0.5, 0.6) is 0 Å². The van der Waals surface area contributed by atoms with Crippen LogP contribution >= 0.6 is 20.6 Å². The summed E-state index contributed by atoms with van der Waals surface area (Å²) in [6.07, 6.45) is 2.27. The molecule has 2 aromatic heterocycles. The van der Waals surface area contributed by atoms with Gasteiger partial charge in [0, 0.05) is 23.5 Å². The maximum atomic E-state index is 11.5. The Morgan fingerprint density at radius 1 is 1.35 bits per heavy atom. The second-order valence-electron chi connectivity index (χ2n) is 3.45. The summed E-state index contributed by atoms with van der Waals surface area (Å²) in [6.45, 7) is 0. The fourth-order valence-electron chi connectivity index (χ4n) is 1.51. The van der Waals surface area contributed by atoms with Crippen LogP contribution in [0.2, 0.25) is 5.15 Å². The van der Waals surface area contributed by atoms with E-state index in [1.165, 1.54) is 10.7 Å². The highest BCUT2D eigenvalue weighted by Gasteiger charge is 2.04. The van der Waals surface area contributed by atoms with Crippen LogP contribution in [0, 0.1) is 0 Å². The molecule has 0 aromatic carbocycles. The molecule has 0 amide bonds. The van der Waals surface area contributed by atoms with Crippen LogP contribution in [-0.2, 0) is 6.42 Å². The lowest BCUT2D eigenvalue weighted by atomic mass is 10.1. The van der Waals surface area contributed by atoms with Crippen molar-refractivity contribution in [2.45, 2.75) is 6.42 Å². The van der Waals surface area contributed by atoms with E-state index < -0.39 is 0 Å². The first-order valence-corrected chi connectivity index (χ1v) is 5.83. The third-order valence-corrected chi connectivity index (χ3v) is 2.75. The van der Waals surface area contributed by atoms with E-state index in [2.05, 4.69) is 18.9 Å². The molecule has 0 aliphatic rings. The van der Waals surface area contributed by atoms with Gasteiger partial charge in [0.1, 0.15) is 5.15 Å². The van der Waals surface area contributed by atoms with Crippen molar-refractivity contribution in [2.24, 2.45) is 4.85 Å². The second-order valence-corrected chi connectivity index (χ2v) is 4.07. The lowest BCUT2D eigenvalue weighted by molar-refractivity contribution is 0.780. The van der Waals surface area contributed by atoms with Crippen molar-refractivity contribution in [2.75, 3.05) is 0 Å². The number of halogens is 1. The van der Waals surface area contributed by atoms with E-state index in [9.17, 15) is 4.79 Å². The molecule has 1 atom stereocenters. The fraction of sp³-hybridized carbons (Fsp3) is 0.0909. The molecular formula is C11H10ClN3OP+. The number of rotatable bonds is 3. The molecule has 0 saturated carbocycles. The smallest absolute Gasteiger partial charge is 0.267 e. The van der Waals surface area contributed by atoms with Crippen LogP contribution in [0.3, 0.4) is 0 Å². The summed E-state index contributed by atoms with van der Waals surface area (Å²) in [5.41, 5.74) is 1.62. The third-order valence-electron chi connectivity index (χ3n) is 2.30. The molecule has 0 fully saturated rings. The van der Waals surface area contributed by atoms with E-state index in [1.54, 1.807) is 18.3 Å². The Labute approximate surface area is 105 Å². The molecule has 0 N–H and O–H groups in total. The van der Waals surface area contributed by atoms with Crippen LogP contribution in [0.1, 0.15) is 11.3 Å². The molecule has 2 rings (SSSR count). The number of hydrogen-bond acceptors (Lipinski definition) is 3. The molecule has 4 nitrogen and oxygen atoms in total. The lowest BCUT2D eigenvalue weighted by Gasteiger charge is -2.04. The minimum Gasteiger partial charge on any atom is -0.267 e. The molecule has 0 saturated heterocycles. The van der Waals surface area contributed by atoms with Gasteiger partial charge in [-0.15, -0.1) is 0 Å². The van der Waals surface area contributed by atoms with Gasteiger partial charge in [-0.25, -0.2) is 4.98 Å². The zero-order valence-corrected chi connectivity index (χ0v) is 10.8. The topological polar surface area (TPSA) is 47.2 Å². The summed E-state index contributed by atoms with van der Waals surface area (Å²) >= 11 is 5.71. The third kappa shape index (κ3) is 2.78. The molecule has 6 heteroatoms. The van der Waals surface area contributed by atoms with Crippen molar-refractivity contribution in [1.29, 1.82) is 0 Å². The molecule has 17 heavy (non-hydrogen) atoms. The van der Waals surface area contributed by atoms with Crippen LogP contribution in [0.4, 0.5) is 0 Å². The van der Waals surface area contributed by atoms with Crippen molar-refractivity contribution >= 4 is 20.6 Å². The Morgan fingerprint density at radius 2 is 2.18 bits per heavy atom. The average Bonchev–Trinajstić information content (AvgIpc) is 2.32. The standard InChI is InChI=1S/C11H9ClN3OP/c12-10-5-4-8(7-13-10)6-9-2-1-3-11(16)15(9)14-17/h1-5,7,17H,6H2/p+1. The minimum absolute atomic E-state index is 0.153. The van der Waals surface area contributed by atoms with E-state index >= 15 is 0 Å². The fourth-order valence-corrected chi connectivity index (χ4v) is 1.88. The highest BCUT2D eigenvalue weighted by molar-refractivity contribution is 7.03. The monoisotopic (exact) mass is 266 g/mol. The van der Waals surface area contributed by atoms with E-state index in [0.717, 1.165) is 11.3 Å². The SMILES string of the molecule is O=c1cccc(Cc2ccc(Cl)nc2)n1N=[PH2+]. The predicted octanol–water partition coefficient (Wildman–Crippen LogP) is 2.31. The van der Waals surface area contributed by atoms with Gasteiger partial charge in [-0.3, -0.25) is 4.79 Å². The first kappa shape index (κ1) is 12.0. The Balaban J connectivity index is 2.36. The summed E-state index contributed by atoms with van der Waals surface area (Å²) in [5.74, 6) is 0. The molecule has 86 valence electrons. The zero-order valence-electron chi connectivity index (χ0n) is 8.88. The molecule has 0 aliphatic carbocycles. The van der Waals surface area contributed by atoms with Crippen molar-refractivity contribution < 1.29 is 0 Å². The summed E-state index contributed by atoms with van der Waals surface area (Å²) in [7, 11) is 2.19. The largest absolute Gasteiger partial charge is 0.273 e. The summed E-state index contributed by atoms with van der Waals surface area (Å²) in [5, 5.41) is 0.454. The van der Waals surface area contributed by atoms with Gasteiger partial charge < -0.3 is 0 Å². The van der Waals surface area contributed by atoms with Crippen LogP contribution in [-0.4, -0.2) is 9.66 Å². The molecule has 2 heterocycles. The van der Waals surface area contributed by atoms with E-state index in [0.29, 0.717) is 11.6 Å². The van der Waals surface area contributed by atoms with Crippen LogP contribution in [0.15, 0.2) is 46.2 Å². The Kier molecular flexibility index (Phi) is 3.67. The number of pyridine rings is 2. The van der Waals surface area contributed by atoms with Gasteiger partial charge in [0.2, 0.25) is 9.03 Å². The van der Waals surface area contributed by atoms with Crippen molar-refractivity contribution in [3.63, 3.8) is 0 Å². The van der Waals surface area contributed by atoms with Gasteiger partial charge in [-0.1, -0.05) is 23.7 Å². The zero-order chi connectivity index (χ0) is 12.3. The molecule has 2 aromatic rings. The van der Waals surface area contributed by atoms with Gasteiger partial charge in [-0.05, 0) is 17.7 Å². The normalized spacial score (nSPS) is 10.2. The molecule has 0 spiro atoms. The Hall–Kier alpha value is -1.51. The molecule has 0 bridgehead atoms. The summed E-state index contributed by atoms with van der Waals surface area (Å²) in [6, 6.07) is 8.63. The van der Waals surface area contributed by atoms with Crippen LogP contribution < -0.4 is 5.56 Å². The number of nitrogens with zero attached hydrogens (tertiary/aromatic N) is 3. The Bertz CT molecular complexity index is 594. The lowest BCUT2D eigenvalue weighted by Crippen LogP contribution is -2.17. The maximum Gasteiger partial charge on any atom is 0.273 e. The van der Waals surface area contributed by atoms with Crippen LogP contribution in [0.25, 0.3) is 0 Å². The average molecular weight is 267 g/mol. The number of aromatic nitrogens is 2. The summed E-state index contributed by atoms with van der Waals surface area (Å²) in [4.78, 5) is 19.4. The number of hydrogen-bond donors (Lipinski definition) is 0. The molecule has 1 unspecified atom stereocenters. The maximum absolute atomic E-state index is 11.5. The van der Waals surface area contributed by atoms with E-state index in [1.807, 2.05) is 12.1 Å². The first-order valence-electron chi connectivity index (χ1n) is 4.93. The van der Waals surface area contributed by atoms with Crippen molar-refractivity contribution in [1.82, 2.24) is 9.66 Å². The van der Waals surface area contributed by atoms with Gasteiger partial charge in [0.05, 0.1) is 5.69 Å². The highest BCUT2D eigenvalue weighted by atomic mass is 35.5. The highest BCUT2D eigenvalue weighted by Crippen LogP contribution is 2.10. The predicted molar refractivity (Wildman–Crippen MR) is 70.3 cm³/mol. The first-order chi connectivity index (χ1) is 8.20. The van der Waals surface area contributed by atoms with Gasteiger partial charge >= 0.3 is 0 Å². The van der Waals surface area contributed by atoms with E-state index in [4.69, 9.17) is 11.6 Å². The Morgan fingerprint density at radius 3 is 2.82 bits per heavy atom. The van der Waals surface area contributed by atoms with E-state index in [-0.39, 0.29) is 5.56 Å². The van der Waals surface area contributed by atoms with Gasteiger partial charge in [-0.2, -0.15) is 4.68 Å². The molecule has 0 aliphatic heterocycles. The van der Waals surface area contributed by atoms with Gasteiger partial charge in [0.15, 0.2) is 0 Å². The summed E-state index contributed by atoms with van der Waals surface area (Å²) < 4.78 is 1.35. The second kappa shape index (κ2) is 5.21. The molecule has 0 radical (unpaired) electrons. The van der Waals surface area contributed by atoms with Gasteiger partial charge in [0.25, 0.3) is 5.56 Å². The van der Waals surface area contributed by atoms with Crippen molar-refractivity contribution in [3.8, 4) is 0 Å². The quantitative estimate of drug-likeness (QED) is 0.632. The minimum atomic E-state index is -0.153.